The molecule has 1 aromatic carbocycles. The molecule has 0 saturated carbocycles. The van der Waals surface area contributed by atoms with Crippen molar-refractivity contribution < 1.29 is 14.7 Å². The van der Waals surface area contributed by atoms with Crippen molar-refractivity contribution in [2.45, 2.75) is 37.5 Å². The molecule has 1 amide bonds. The van der Waals surface area contributed by atoms with Crippen LogP contribution >= 0.6 is 24.4 Å². The van der Waals surface area contributed by atoms with Gasteiger partial charge in [-0.2, -0.15) is 24.4 Å². The van der Waals surface area contributed by atoms with Gasteiger partial charge in [0, 0.05) is 37.7 Å². The normalized spacial score (nSPS) is 11.8. The first-order chi connectivity index (χ1) is 11.9. The van der Waals surface area contributed by atoms with Gasteiger partial charge in [0.1, 0.15) is 6.04 Å². The SMILES string of the molecule is CN(C)c1ccc(CSCC(NC(=O)CCCCCS)C(=O)O)cc1. The van der Waals surface area contributed by atoms with Gasteiger partial charge in [-0.15, -0.1) is 0 Å². The summed E-state index contributed by atoms with van der Waals surface area (Å²) in [5.41, 5.74) is 2.26. The Labute approximate surface area is 160 Å². The Morgan fingerprint density at radius 3 is 2.44 bits per heavy atom. The van der Waals surface area contributed by atoms with Crippen LogP contribution in [0.1, 0.15) is 31.2 Å². The van der Waals surface area contributed by atoms with Crippen molar-refractivity contribution in [3.05, 3.63) is 29.8 Å². The van der Waals surface area contributed by atoms with Crippen LogP contribution in [0.4, 0.5) is 5.69 Å². The number of thiol groups is 1. The number of carboxylic acids is 1. The van der Waals surface area contributed by atoms with Crippen molar-refractivity contribution in [2.24, 2.45) is 0 Å². The number of carbonyl (C=O) groups is 2. The van der Waals surface area contributed by atoms with E-state index in [2.05, 4.69) is 17.9 Å². The number of hydrogen-bond acceptors (Lipinski definition) is 5. The van der Waals surface area contributed by atoms with Crippen LogP contribution in [0.2, 0.25) is 0 Å². The molecule has 140 valence electrons. The van der Waals surface area contributed by atoms with Gasteiger partial charge in [0.2, 0.25) is 5.91 Å². The molecule has 0 radical (unpaired) electrons. The summed E-state index contributed by atoms with van der Waals surface area (Å²) < 4.78 is 0. The highest BCUT2D eigenvalue weighted by Crippen LogP contribution is 2.17. The maximum Gasteiger partial charge on any atom is 0.327 e. The average Bonchev–Trinajstić information content (AvgIpc) is 2.58. The van der Waals surface area contributed by atoms with Crippen LogP contribution < -0.4 is 10.2 Å². The maximum absolute atomic E-state index is 11.8. The average molecular weight is 385 g/mol. The zero-order valence-electron chi connectivity index (χ0n) is 14.9. The molecule has 2 N–H and O–H groups in total. The summed E-state index contributed by atoms with van der Waals surface area (Å²) >= 11 is 5.64. The summed E-state index contributed by atoms with van der Waals surface area (Å²) in [7, 11) is 3.98. The summed E-state index contributed by atoms with van der Waals surface area (Å²) in [5.74, 6) is 0.704. The number of carbonyl (C=O) groups excluding carboxylic acids is 1. The Morgan fingerprint density at radius 2 is 1.88 bits per heavy atom. The number of rotatable bonds is 12. The molecule has 7 heteroatoms. The molecule has 1 atom stereocenters. The number of thioether (sulfide) groups is 1. The number of unbranched alkanes of at least 4 members (excludes halogenated alkanes) is 2. The third-order valence-corrected chi connectivity index (χ3v) is 5.12. The first kappa shape index (κ1) is 21.7. The fourth-order valence-corrected chi connectivity index (χ4v) is 3.43. The fraction of sp³-hybridized carbons (Fsp3) is 0.556. The van der Waals surface area contributed by atoms with Crippen molar-refractivity contribution in [2.75, 3.05) is 30.5 Å². The van der Waals surface area contributed by atoms with Crippen LogP contribution in [-0.4, -0.2) is 48.6 Å². The fourth-order valence-electron chi connectivity index (χ4n) is 2.20. The van der Waals surface area contributed by atoms with Crippen LogP contribution in [0.3, 0.4) is 0 Å². The first-order valence-corrected chi connectivity index (χ1v) is 10.2. The van der Waals surface area contributed by atoms with E-state index >= 15 is 0 Å². The minimum Gasteiger partial charge on any atom is -0.480 e. The summed E-state index contributed by atoms with van der Waals surface area (Å²) in [6.45, 7) is 0. The molecule has 1 rings (SSSR count). The number of nitrogens with zero attached hydrogens (tertiary/aromatic N) is 1. The van der Waals surface area contributed by atoms with E-state index in [1.54, 1.807) is 0 Å². The molecule has 0 spiro atoms. The van der Waals surface area contributed by atoms with Crippen molar-refractivity contribution >= 4 is 42.0 Å². The highest BCUT2D eigenvalue weighted by atomic mass is 32.2. The van der Waals surface area contributed by atoms with Crippen LogP contribution in [0.15, 0.2) is 24.3 Å². The van der Waals surface area contributed by atoms with Crippen molar-refractivity contribution in [1.29, 1.82) is 0 Å². The van der Waals surface area contributed by atoms with Gasteiger partial charge in [0.25, 0.3) is 0 Å². The molecular weight excluding hydrogens is 356 g/mol. The Bertz CT molecular complexity index is 536. The van der Waals surface area contributed by atoms with E-state index in [1.807, 2.05) is 43.3 Å². The lowest BCUT2D eigenvalue weighted by Gasteiger charge is -2.15. The second kappa shape index (κ2) is 12.1. The second-order valence-corrected chi connectivity index (χ2v) is 7.55. The number of aliphatic carboxylic acids is 1. The Hall–Kier alpha value is -1.34. The van der Waals surface area contributed by atoms with Gasteiger partial charge in [-0.25, -0.2) is 4.79 Å². The number of nitrogens with one attached hydrogen (secondary N) is 1. The number of hydrogen-bond donors (Lipinski definition) is 3. The van der Waals surface area contributed by atoms with E-state index in [1.165, 1.54) is 11.8 Å². The molecule has 0 aliphatic heterocycles. The van der Waals surface area contributed by atoms with E-state index in [0.717, 1.165) is 42.0 Å². The predicted octanol–water partition coefficient (Wildman–Crippen LogP) is 3.05. The topological polar surface area (TPSA) is 69.6 Å². The lowest BCUT2D eigenvalue weighted by Crippen LogP contribution is -2.42. The molecule has 0 bridgehead atoms. The van der Waals surface area contributed by atoms with Gasteiger partial charge in [-0.05, 0) is 36.3 Å². The third-order valence-electron chi connectivity index (χ3n) is 3.70. The van der Waals surface area contributed by atoms with Gasteiger partial charge in [0.05, 0.1) is 0 Å². The molecule has 0 heterocycles. The van der Waals surface area contributed by atoms with E-state index in [9.17, 15) is 14.7 Å². The standard InChI is InChI=1S/C18H28N2O3S2/c1-20(2)15-9-7-14(8-10-15)12-25-13-16(18(22)23)19-17(21)6-4-3-5-11-24/h7-10,16,24H,3-6,11-13H2,1-2H3,(H,19,21)(H,22,23). The molecule has 0 aliphatic rings. The summed E-state index contributed by atoms with van der Waals surface area (Å²) in [6, 6.07) is 7.31. The van der Waals surface area contributed by atoms with Gasteiger partial charge >= 0.3 is 5.97 Å². The monoisotopic (exact) mass is 384 g/mol. The van der Waals surface area contributed by atoms with Crippen molar-refractivity contribution in [3.8, 4) is 0 Å². The number of amides is 1. The number of anilines is 1. The van der Waals surface area contributed by atoms with Gasteiger partial charge in [-0.1, -0.05) is 18.6 Å². The number of carboxylic acid groups (broad SMARTS) is 1. The molecule has 0 saturated heterocycles. The van der Waals surface area contributed by atoms with E-state index in [4.69, 9.17) is 0 Å². The minimum atomic E-state index is -0.987. The van der Waals surface area contributed by atoms with Crippen LogP contribution in [-0.2, 0) is 15.3 Å². The lowest BCUT2D eigenvalue weighted by atomic mass is 10.2. The molecule has 1 aromatic rings. The summed E-state index contributed by atoms with van der Waals surface area (Å²) in [5, 5.41) is 11.9. The van der Waals surface area contributed by atoms with Gasteiger partial charge in [-0.3, -0.25) is 4.79 Å². The Morgan fingerprint density at radius 1 is 1.20 bits per heavy atom. The zero-order chi connectivity index (χ0) is 18.7. The largest absolute Gasteiger partial charge is 0.480 e. The van der Waals surface area contributed by atoms with E-state index < -0.39 is 12.0 Å². The predicted molar refractivity (Wildman–Crippen MR) is 109 cm³/mol. The van der Waals surface area contributed by atoms with Crippen LogP contribution in [0, 0.1) is 0 Å². The number of benzene rings is 1. The van der Waals surface area contributed by atoms with Crippen LogP contribution in [0.25, 0.3) is 0 Å². The zero-order valence-corrected chi connectivity index (χ0v) is 16.6. The molecule has 0 aliphatic carbocycles. The third kappa shape index (κ3) is 9.07. The quantitative estimate of drug-likeness (QED) is 0.382. The van der Waals surface area contributed by atoms with Crippen molar-refractivity contribution in [3.63, 3.8) is 0 Å². The smallest absolute Gasteiger partial charge is 0.327 e. The highest BCUT2D eigenvalue weighted by molar-refractivity contribution is 7.98. The van der Waals surface area contributed by atoms with Gasteiger partial charge in [0.15, 0.2) is 0 Å². The van der Waals surface area contributed by atoms with E-state index in [-0.39, 0.29) is 5.91 Å². The minimum absolute atomic E-state index is 0.192. The molecule has 25 heavy (non-hydrogen) atoms. The molecule has 5 nitrogen and oxygen atoms in total. The van der Waals surface area contributed by atoms with Gasteiger partial charge < -0.3 is 15.3 Å². The molecule has 1 unspecified atom stereocenters. The summed E-state index contributed by atoms with van der Waals surface area (Å²) in [6.07, 6.45) is 3.05. The van der Waals surface area contributed by atoms with Crippen LogP contribution in [0.5, 0.6) is 0 Å². The maximum atomic E-state index is 11.8. The molecule has 0 aromatic heterocycles. The Balaban J connectivity index is 2.37. The first-order valence-electron chi connectivity index (χ1n) is 8.41. The highest BCUT2D eigenvalue weighted by Gasteiger charge is 2.19. The second-order valence-electron chi connectivity index (χ2n) is 6.07. The van der Waals surface area contributed by atoms with E-state index in [0.29, 0.717) is 12.2 Å². The lowest BCUT2D eigenvalue weighted by molar-refractivity contribution is -0.141. The Kier molecular flexibility index (Phi) is 10.5. The molecular formula is C18H28N2O3S2. The molecule has 0 fully saturated rings. The van der Waals surface area contributed by atoms with Crippen molar-refractivity contribution in [1.82, 2.24) is 5.32 Å². The summed E-state index contributed by atoms with van der Waals surface area (Å²) in [4.78, 5) is 25.2.